The van der Waals surface area contributed by atoms with Crippen molar-refractivity contribution in [3.8, 4) is 0 Å². The summed E-state index contributed by atoms with van der Waals surface area (Å²) in [4.78, 5) is 14.7. The molecule has 0 aliphatic heterocycles. The van der Waals surface area contributed by atoms with Gasteiger partial charge < -0.3 is 4.84 Å². The molecule has 0 saturated heterocycles. The molecule has 0 aromatic heterocycles. The SMILES string of the molecule is CC(=CCC(C)C)C(=O)ON. The van der Waals surface area contributed by atoms with E-state index < -0.39 is 5.97 Å². The minimum absolute atomic E-state index is 0.453. The Morgan fingerprint density at radius 1 is 1.64 bits per heavy atom. The van der Waals surface area contributed by atoms with Crippen molar-refractivity contribution in [3.05, 3.63) is 11.6 Å². The van der Waals surface area contributed by atoms with E-state index in [1.54, 1.807) is 6.92 Å². The Morgan fingerprint density at radius 2 is 2.18 bits per heavy atom. The third-order valence-corrected chi connectivity index (χ3v) is 1.32. The van der Waals surface area contributed by atoms with Gasteiger partial charge in [0.1, 0.15) is 0 Å². The number of allylic oxidation sites excluding steroid dienone is 1. The minimum atomic E-state index is -0.453. The van der Waals surface area contributed by atoms with Crippen LogP contribution < -0.4 is 5.90 Å². The van der Waals surface area contributed by atoms with E-state index in [4.69, 9.17) is 0 Å². The molecule has 0 amide bonds. The number of hydrogen-bond donors (Lipinski definition) is 1. The molecular weight excluding hydrogens is 142 g/mol. The van der Waals surface area contributed by atoms with Crippen LogP contribution in [0.25, 0.3) is 0 Å². The Hall–Kier alpha value is -0.830. The molecule has 0 heterocycles. The molecule has 0 bridgehead atoms. The average molecular weight is 157 g/mol. The minimum Gasteiger partial charge on any atom is -0.370 e. The molecule has 3 heteroatoms. The molecule has 11 heavy (non-hydrogen) atoms. The molecule has 0 radical (unpaired) electrons. The van der Waals surface area contributed by atoms with Crippen molar-refractivity contribution in [1.82, 2.24) is 0 Å². The lowest BCUT2D eigenvalue weighted by Crippen LogP contribution is -2.10. The zero-order valence-electron chi connectivity index (χ0n) is 7.26. The molecule has 0 aliphatic carbocycles. The number of carbonyl (C=O) groups is 1. The summed E-state index contributed by atoms with van der Waals surface area (Å²) in [6.07, 6.45) is 2.71. The number of carbonyl (C=O) groups excluding carboxylic acids is 1. The summed E-state index contributed by atoms with van der Waals surface area (Å²) in [6, 6.07) is 0. The van der Waals surface area contributed by atoms with Gasteiger partial charge in [0.2, 0.25) is 0 Å². The Kier molecular flexibility index (Phi) is 4.54. The first-order valence-electron chi connectivity index (χ1n) is 3.65. The van der Waals surface area contributed by atoms with E-state index in [0.717, 1.165) is 6.42 Å². The quantitative estimate of drug-likeness (QED) is 0.497. The van der Waals surface area contributed by atoms with Gasteiger partial charge in [-0.2, -0.15) is 5.90 Å². The molecule has 0 spiro atoms. The van der Waals surface area contributed by atoms with Crippen molar-refractivity contribution in [2.45, 2.75) is 27.2 Å². The zero-order chi connectivity index (χ0) is 8.85. The lowest BCUT2D eigenvalue weighted by Gasteiger charge is -2.00. The second-order valence-electron chi connectivity index (χ2n) is 2.92. The van der Waals surface area contributed by atoms with Gasteiger partial charge in [0, 0.05) is 5.57 Å². The summed E-state index contributed by atoms with van der Waals surface area (Å²) >= 11 is 0. The predicted molar refractivity (Wildman–Crippen MR) is 43.5 cm³/mol. The molecule has 0 aromatic rings. The van der Waals surface area contributed by atoms with Crippen LogP contribution in [0, 0.1) is 5.92 Å². The summed E-state index contributed by atoms with van der Waals surface area (Å²) < 4.78 is 0. The molecule has 2 N–H and O–H groups in total. The third-order valence-electron chi connectivity index (χ3n) is 1.32. The molecule has 3 nitrogen and oxygen atoms in total. The molecule has 64 valence electrons. The molecule has 0 atom stereocenters. The highest BCUT2D eigenvalue weighted by molar-refractivity contribution is 5.87. The summed E-state index contributed by atoms with van der Waals surface area (Å²) in [6.45, 7) is 5.85. The second-order valence-corrected chi connectivity index (χ2v) is 2.92. The number of rotatable bonds is 3. The monoisotopic (exact) mass is 157 g/mol. The lowest BCUT2D eigenvalue weighted by atomic mass is 10.1. The molecule has 0 unspecified atom stereocenters. The van der Waals surface area contributed by atoms with Crippen molar-refractivity contribution < 1.29 is 9.63 Å². The van der Waals surface area contributed by atoms with Crippen LogP contribution in [0.4, 0.5) is 0 Å². The van der Waals surface area contributed by atoms with Crippen molar-refractivity contribution in [3.63, 3.8) is 0 Å². The van der Waals surface area contributed by atoms with Crippen LogP contribution in [0.15, 0.2) is 11.6 Å². The van der Waals surface area contributed by atoms with Crippen molar-refractivity contribution in [1.29, 1.82) is 0 Å². The molecule has 0 rings (SSSR count). The summed E-state index contributed by atoms with van der Waals surface area (Å²) in [7, 11) is 0. The maximum absolute atomic E-state index is 10.7. The van der Waals surface area contributed by atoms with Gasteiger partial charge in [-0.3, -0.25) is 0 Å². The van der Waals surface area contributed by atoms with Gasteiger partial charge >= 0.3 is 5.97 Å². The van der Waals surface area contributed by atoms with Crippen LogP contribution in [0.5, 0.6) is 0 Å². The van der Waals surface area contributed by atoms with E-state index in [9.17, 15) is 4.79 Å². The van der Waals surface area contributed by atoms with E-state index in [-0.39, 0.29) is 0 Å². The lowest BCUT2D eigenvalue weighted by molar-refractivity contribution is -0.139. The van der Waals surface area contributed by atoms with E-state index in [1.807, 2.05) is 6.08 Å². The first kappa shape index (κ1) is 10.2. The standard InChI is InChI=1S/C8H15NO2/c1-6(2)4-5-7(3)8(10)11-9/h5-6H,4,9H2,1-3H3. The number of nitrogens with two attached hydrogens (primary N) is 1. The normalized spacial score (nSPS) is 11.9. The molecule has 0 saturated carbocycles. The molecule has 0 fully saturated rings. The van der Waals surface area contributed by atoms with Gasteiger partial charge in [-0.1, -0.05) is 19.9 Å². The fourth-order valence-corrected chi connectivity index (χ4v) is 0.589. The van der Waals surface area contributed by atoms with Gasteiger partial charge in [-0.05, 0) is 19.3 Å². The van der Waals surface area contributed by atoms with Crippen LogP contribution in [-0.4, -0.2) is 5.97 Å². The Balaban J connectivity index is 3.90. The molecular formula is C8H15NO2. The van der Waals surface area contributed by atoms with E-state index in [1.165, 1.54) is 0 Å². The second kappa shape index (κ2) is 4.91. The predicted octanol–water partition coefficient (Wildman–Crippen LogP) is 1.40. The first-order valence-corrected chi connectivity index (χ1v) is 3.65. The first-order chi connectivity index (χ1) is 5.07. The average Bonchev–Trinajstić information content (AvgIpc) is 1.98. The Morgan fingerprint density at radius 3 is 2.55 bits per heavy atom. The molecule has 0 aromatic carbocycles. The highest BCUT2D eigenvalue weighted by atomic mass is 16.7. The van der Waals surface area contributed by atoms with Crippen LogP contribution in [0.2, 0.25) is 0 Å². The third kappa shape index (κ3) is 4.56. The maximum Gasteiger partial charge on any atom is 0.351 e. The van der Waals surface area contributed by atoms with Gasteiger partial charge in [0.25, 0.3) is 0 Å². The highest BCUT2D eigenvalue weighted by Gasteiger charge is 2.02. The smallest absolute Gasteiger partial charge is 0.351 e. The summed E-state index contributed by atoms with van der Waals surface area (Å²) in [5.74, 6) is 4.79. The van der Waals surface area contributed by atoms with Crippen LogP contribution in [0.3, 0.4) is 0 Å². The van der Waals surface area contributed by atoms with Crippen LogP contribution in [-0.2, 0) is 9.63 Å². The Bertz CT molecular complexity index is 161. The Labute approximate surface area is 67.2 Å². The largest absolute Gasteiger partial charge is 0.370 e. The van der Waals surface area contributed by atoms with Gasteiger partial charge in [0.15, 0.2) is 0 Å². The van der Waals surface area contributed by atoms with E-state index >= 15 is 0 Å². The van der Waals surface area contributed by atoms with Gasteiger partial charge in [0.05, 0.1) is 0 Å². The van der Waals surface area contributed by atoms with Crippen LogP contribution in [0.1, 0.15) is 27.2 Å². The zero-order valence-corrected chi connectivity index (χ0v) is 7.26. The van der Waals surface area contributed by atoms with Crippen molar-refractivity contribution >= 4 is 5.97 Å². The molecule has 0 aliphatic rings. The maximum atomic E-state index is 10.7. The van der Waals surface area contributed by atoms with Crippen LogP contribution >= 0.6 is 0 Å². The summed E-state index contributed by atoms with van der Waals surface area (Å²) in [5.41, 5.74) is 0.571. The topological polar surface area (TPSA) is 52.3 Å². The number of hydrogen-bond acceptors (Lipinski definition) is 3. The summed E-state index contributed by atoms with van der Waals surface area (Å²) in [5, 5.41) is 0. The fourth-order valence-electron chi connectivity index (χ4n) is 0.589. The van der Waals surface area contributed by atoms with Crippen molar-refractivity contribution in [2.75, 3.05) is 0 Å². The fraction of sp³-hybridized carbons (Fsp3) is 0.625. The van der Waals surface area contributed by atoms with Gasteiger partial charge in [-0.25, -0.2) is 4.79 Å². The van der Waals surface area contributed by atoms with E-state index in [2.05, 4.69) is 24.6 Å². The van der Waals surface area contributed by atoms with E-state index in [0.29, 0.717) is 11.5 Å². The highest BCUT2D eigenvalue weighted by Crippen LogP contribution is 2.04. The van der Waals surface area contributed by atoms with Crippen molar-refractivity contribution in [2.24, 2.45) is 11.8 Å². The van der Waals surface area contributed by atoms with Gasteiger partial charge in [-0.15, -0.1) is 0 Å².